The normalized spacial score (nSPS) is 11.8. The van der Waals surface area contributed by atoms with Crippen molar-refractivity contribution in [3.05, 3.63) is 35.2 Å². The Bertz CT molecular complexity index is 312. The van der Waals surface area contributed by atoms with E-state index in [1.165, 1.54) is 13.0 Å². The monoisotopic (exact) mass is 166 g/mol. The number of hydrogen-bond donors (Lipinski definition) is 1. The average molecular weight is 166 g/mol. The minimum atomic E-state index is -0.236. The quantitative estimate of drug-likeness (QED) is 0.679. The number of halogens is 1. The highest BCUT2D eigenvalue weighted by Gasteiger charge is 1.95. The highest BCUT2D eigenvalue weighted by atomic mass is 19.1. The fourth-order valence-electron chi connectivity index (χ4n) is 0.998. The topological polar surface area (TPSA) is 20.2 Å². The molecule has 1 nitrogen and oxygen atoms in total. The summed E-state index contributed by atoms with van der Waals surface area (Å²) in [7, 11) is 0. The first-order chi connectivity index (χ1) is 5.59. The van der Waals surface area contributed by atoms with Gasteiger partial charge in [0.1, 0.15) is 5.75 Å². The molecule has 1 aromatic rings. The summed E-state index contributed by atoms with van der Waals surface area (Å²) in [5, 5.41) is 9.16. The van der Waals surface area contributed by atoms with Gasteiger partial charge in [-0.1, -0.05) is 6.07 Å². The van der Waals surface area contributed by atoms with Crippen molar-refractivity contribution in [1.82, 2.24) is 0 Å². The van der Waals surface area contributed by atoms with Crippen LogP contribution in [0.15, 0.2) is 24.0 Å². The third-order valence-corrected chi connectivity index (χ3v) is 1.59. The molecule has 12 heavy (non-hydrogen) atoms. The number of phenols is 1. The molecule has 2 heteroatoms. The van der Waals surface area contributed by atoms with Crippen molar-refractivity contribution in [3.8, 4) is 5.75 Å². The summed E-state index contributed by atoms with van der Waals surface area (Å²) in [6, 6.07) is 4.97. The molecule has 0 aliphatic rings. The summed E-state index contributed by atoms with van der Waals surface area (Å²) in [5.41, 5.74) is 1.52. The lowest BCUT2D eigenvalue weighted by Crippen LogP contribution is -1.77. The van der Waals surface area contributed by atoms with Gasteiger partial charge in [0.2, 0.25) is 0 Å². The number of benzene rings is 1. The van der Waals surface area contributed by atoms with E-state index in [4.69, 9.17) is 5.11 Å². The van der Waals surface area contributed by atoms with Crippen molar-refractivity contribution in [3.63, 3.8) is 0 Å². The van der Waals surface area contributed by atoms with E-state index >= 15 is 0 Å². The number of hydrogen-bond acceptors (Lipinski definition) is 1. The van der Waals surface area contributed by atoms with Crippen LogP contribution in [0.4, 0.5) is 4.39 Å². The maximum absolute atomic E-state index is 12.4. The van der Waals surface area contributed by atoms with Crippen molar-refractivity contribution in [1.29, 1.82) is 0 Å². The molecule has 0 aromatic heterocycles. The Morgan fingerprint density at radius 1 is 1.50 bits per heavy atom. The van der Waals surface area contributed by atoms with Gasteiger partial charge in [0, 0.05) is 0 Å². The molecule has 0 fully saturated rings. The molecular weight excluding hydrogens is 155 g/mol. The zero-order valence-corrected chi connectivity index (χ0v) is 7.13. The second kappa shape index (κ2) is 3.39. The van der Waals surface area contributed by atoms with E-state index < -0.39 is 0 Å². The molecule has 0 aliphatic heterocycles. The largest absolute Gasteiger partial charge is 0.508 e. The van der Waals surface area contributed by atoms with Crippen molar-refractivity contribution < 1.29 is 9.50 Å². The number of aryl methyl sites for hydroxylation is 1. The predicted molar refractivity (Wildman–Crippen MR) is 47.6 cm³/mol. The van der Waals surface area contributed by atoms with Gasteiger partial charge in [-0.3, -0.25) is 0 Å². The van der Waals surface area contributed by atoms with Gasteiger partial charge in [-0.05, 0) is 43.2 Å². The maximum atomic E-state index is 12.4. The van der Waals surface area contributed by atoms with E-state index in [1.54, 1.807) is 25.1 Å². The van der Waals surface area contributed by atoms with Crippen LogP contribution in [-0.4, -0.2) is 5.11 Å². The molecule has 0 radical (unpaired) electrons. The van der Waals surface area contributed by atoms with Crippen LogP contribution in [0.2, 0.25) is 0 Å². The molecule has 1 aromatic carbocycles. The summed E-state index contributed by atoms with van der Waals surface area (Å²) >= 11 is 0. The molecule has 0 aliphatic carbocycles. The lowest BCUT2D eigenvalue weighted by molar-refractivity contribution is 0.471. The van der Waals surface area contributed by atoms with Gasteiger partial charge in [-0.25, -0.2) is 4.39 Å². The summed E-state index contributed by atoms with van der Waals surface area (Å²) in [4.78, 5) is 0. The van der Waals surface area contributed by atoms with Crippen LogP contribution in [0.3, 0.4) is 0 Å². The van der Waals surface area contributed by atoms with Crippen LogP contribution in [0.25, 0.3) is 6.08 Å². The van der Waals surface area contributed by atoms with E-state index in [0.29, 0.717) is 0 Å². The Labute approximate surface area is 71.2 Å². The number of rotatable bonds is 1. The van der Waals surface area contributed by atoms with Crippen LogP contribution in [-0.2, 0) is 0 Å². The molecule has 0 heterocycles. The molecule has 0 spiro atoms. The number of aromatic hydroxyl groups is 1. The van der Waals surface area contributed by atoms with Gasteiger partial charge in [0.25, 0.3) is 0 Å². The Kier molecular flexibility index (Phi) is 2.48. The second-order valence-electron chi connectivity index (χ2n) is 2.78. The first-order valence-corrected chi connectivity index (χ1v) is 3.73. The number of phenolic OH excluding ortho intramolecular Hbond substituents is 1. The van der Waals surface area contributed by atoms with Gasteiger partial charge in [0.15, 0.2) is 0 Å². The molecule has 64 valence electrons. The van der Waals surface area contributed by atoms with E-state index in [0.717, 1.165) is 11.1 Å². The first kappa shape index (κ1) is 8.78. The van der Waals surface area contributed by atoms with Crippen molar-refractivity contribution >= 4 is 6.08 Å². The van der Waals surface area contributed by atoms with Gasteiger partial charge in [0.05, 0.1) is 5.83 Å². The molecule has 0 atom stereocenters. The lowest BCUT2D eigenvalue weighted by Gasteiger charge is -1.99. The van der Waals surface area contributed by atoms with E-state index in [9.17, 15) is 4.39 Å². The summed E-state index contributed by atoms with van der Waals surface area (Å²) < 4.78 is 12.4. The Morgan fingerprint density at radius 2 is 2.17 bits per heavy atom. The molecule has 1 rings (SSSR count). The fourth-order valence-corrected chi connectivity index (χ4v) is 0.998. The summed E-state index contributed by atoms with van der Waals surface area (Å²) in [6.07, 6.45) is 1.42. The SMILES string of the molecule is CC(F)=Cc1ccc(O)c(C)c1. The second-order valence-corrected chi connectivity index (χ2v) is 2.78. The molecule has 0 saturated carbocycles. The van der Waals surface area contributed by atoms with Crippen molar-refractivity contribution in [2.75, 3.05) is 0 Å². The van der Waals surface area contributed by atoms with Crippen molar-refractivity contribution in [2.24, 2.45) is 0 Å². The van der Waals surface area contributed by atoms with Gasteiger partial charge in [-0.15, -0.1) is 0 Å². The standard InChI is InChI=1S/C10H11FO/c1-7-5-9(6-8(2)11)3-4-10(7)12/h3-6,12H,1-2H3. The number of allylic oxidation sites excluding steroid dienone is 1. The van der Waals surface area contributed by atoms with Crippen LogP contribution < -0.4 is 0 Å². The third-order valence-electron chi connectivity index (χ3n) is 1.59. The van der Waals surface area contributed by atoms with E-state index in [1.807, 2.05) is 0 Å². The Morgan fingerprint density at radius 3 is 2.67 bits per heavy atom. The van der Waals surface area contributed by atoms with Crippen LogP contribution in [0.5, 0.6) is 5.75 Å². The molecule has 1 N–H and O–H groups in total. The third kappa shape index (κ3) is 2.09. The molecule has 0 saturated heterocycles. The smallest absolute Gasteiger partial charge is 0.118 e. The van der Waals surface area contributed by atoms with Gasteiger partial charge < -0.3 is 5.11 Å². The maximum Gasteiger partial charge on any atom is 0.118 e. The highest BCUT2D eigenvalue weighted by molar-refractivity contribution is 5.53. The Hall–Kier alpha value is -1.31. The molecular formula is C10H11FO. The Balaban J connectivity index is 3.05. The molecule has 0 bridgehead atoms. The summed E-state index contributed by atoms with van der Waals surface area (Å²) in [5.74, 6) is 0.00347. The zero-order chi connectivity index (χ0) is 9.14. The van der Waals surface area contributed by atoms with E-state index in [2.05, 4.69) is 0 Å². The van der Waals surface area contributed by atoms with Crippen molar-refractivity contribution in [2.45, 2.75) is 13.8 Å². The van der Waals surface area contributed by atoms with Crippen LogP contribution in [0, 0.1) is 6.92 Å². The van der Waals surface area contributed by atoms with Gasteiger partial charge >= 0.3 is 0 Å². The average Bonchev–Trinajstić information content (AvgIpc) is 1.96. The predicted octanol–water partition coefficient (Wildman–Crippen LogP) is 3.03. The van der Waals surface area contributed by atoms with Gasteiger partial charge in [-0.2, -0.15) is 0 Å². The minimum absolute atomic E-state index is 0.236. The summed E-state index contributed by atoms with van der Waals surface area (Å²) in [6.45, 7) is 3.17. The first-order valence-electron chi connectivity index (χ1n) is 3.73. The minimum Gasteiger partial charge on any atom is -0.508 e. The lowest BCUT2D eigenvalue weighted by atomic mass is 10.1. The molecule has 0 amide bonds. The molecule has 0 unspecified atom stereocenters. The van der Waals surface area contributed by atoms with Crippen LogP contribution in [0.1, 0.15) is 18.1 Å². The van der Waals surface area contributed by atoms with E-state index in [-0.39, 0.29) is 11.6 Å². The highest BCUT2D eigenvalue weighted by Crippen LogP contribution is 2.18. The van der Waals surface area contributed by atoms with Crippen LogP contribution >= 0.6 is 0 Å². The fraction of sp³-hybridized carbons (Fsp3) is 0.200. The zero-order valence-electron chi connectivity index (χ0n) is 7.13.